The third kappa shape index (κ3) is 5.58. The molecule has 2 atom stereocenters. The van der Waals surface area contributed by atoms with Crippen LogP contribution in [0.4, 0.5) is 27.9 Å². The highest BCUT2D eigenvalue weighted by atomic mass is 31.2. The number of anilines is 1. The van der Waals surface area contributed by atoms with Crippen molar-refractivity contribution in [2.24, 2.45) is 0 Å². The van der Waals surface area contributed by atoms with E-state index in [0.29, 0.717) is 19.3 Å². The van der Waals surface area contributed by atoms with Crippen LogP contribution in [-0.4, -0.2) is 77.2 Å². The van der Waals surface area contributed by atoms with Crippen molar-refractivity contribution in [3.8, 4) is 11.3 Å². The molecule has 1 saturated carbocycles. The highest BCUT2D eigenvalue weighted by molar-refractivity contribution is 7.70. The average molecular weight is 585 g/mol. The van der Waals surface area contributed by atoms with Crippen LogP contribution in [0.15, 0.2) is 24.5 Å². The SMILES string of the molecule is CN1CC(F)(F)CCN[C@H]2CC[C@@H](C2)Nc2ncc(C(F)(F)F)c(n2)-c2c[nH]c3c(P(C)(C)=O)c(ccc23)C1=O. The van der Waals surface area contributed by atoms with Gasteiger partial charge in [-0.15, -0.1) is 0 Å². The third-order valence-corrected chi connectivity index (χ3v) is 8.99. The largest absolute Gasteiger partial charge is 0.419 e. The van der Waals surface area contributed by atoms with Crippen molar-refractivity contribution < 1.29 is 31.3 Å². The molecule has 0 radical (unpaired) electrons. The van der Waals surface area contributed by atoms with E-state index in [2.05, 4.69) is 25.6 Å². The molecule has 40 heavy (non-hydrogen) atoms. The van der Waals surface area contributed by atoms with Gasteiger partial charge >= 0.3 is 6.18 Å². The number of nitrogens with zero attached hydrogens (tertiary/aromatic N) is 3. The normalized spacial score (nSPS) is 22.3. The molecule has 2 aromatic heterocycles. The zero-order valence-corrected chi connectivity index (χ0v) is 23.1. The number of fused-ring (bicyclic) bond motifs is 7. The number of alkyl halides is 5. The van der Waals surface area contributed by atoms with Gasteiger partial charge < -0.3 is 25.1 Å². The van der Waals surface area contributed by atoms with E-state index in [0.717, 1.165) is 11.1 Å². The van der Waals surface area contributed by atoms with Crippen molar-refractivity contribution >= 4 is 35.2 Å². The Morgan fingerprint density at radius 2 is 1.85 bits per heavy atom. The maximum atomic E-state index is 14.9. The minimum atomic E-state index is -4.76. The van der Waals surface area contributed by atoms with Crippen molar-refractivity contribution in [2.45, 2.75) is 49.9 Å². The molecular formula is C26H30F5N6O2P. The molecule has 0 unspecified atom stereocenters. The van der Waals surface area contributed by atoms with Crippen molar-refractivity contribution in [2.75, 3.05) is 38.8 Å². The van der Waals surface area contributed by atoms with Gasteiger partial charge in [0.15, 0.2) is 0 Å². The summed E-state index contributed by atoms with van der Waals surface area (Å²) in [4.78, 5) is 25.4. The number of hydrogen-bond donors (Lipinski definition) is 3. The maximum absolute atomic E-state index is 14.9. The Kier molecular flexibility index (Phi) is 7.19. The lowest BCUT2D eigenvalue weighted by molar-refractivity contribution is -0.137. The molecule has 4 heterocycles. The van der Waals surface area contributed by atoms with Crippen LogP contribution in [0.25, 0.3) is 22.2 Å². The van der Waals surface area contributed by atoms with Gasteiger partial charge in [-0.2, -0.15) is 13.2 Å². The Bertz CT molecular complexity index is 1500. The number of H-pyrrole nitrogens is 1. The van der Waals surface area contributed by atoms with E-state index in [1.165, 1.54) is 38.7 Å². The predicted octanol–water partition coefficient (Wildman–Crippen LogP) is 4.93. The summed E-state index contributed by atoms with van der Waals surface area (Å²) >= 11 is 0. The molecule has 2 aliphatic heterocycles. The van der Waals surface area contributed by atoms with Crippen LogP contribution < -0.4 is 15.9 Å². The Balaban J connectivity index is 1.71. The van der Waals surface area contributed by atoms with Gasteiger partial charge in [0.25, 0.3) is 11.8 Å². The molecule has 0 spiro atoms. The van der Waals surface area contributed by atoms with Gasteiger partial charge in [0, 0.05) is 60.7 Å². The smallest absolute Gasteiger partial charge is 0.360 e. The summed E-state index contributed by atoms with van der Waals surface area (Å²) in [7, 11) is -2.00. The Morgan fingerprint density at radius 1 is 1.12 bits per heavy atom. The van der Waals surface area contributed by atoms with E-state index < -0.39 is 43.7 Å². The average Bonchev–Trinajstić information content (AvgIpc) is 3.47. The lowest BCUT2D eigenvalue weighted by Gasteiger charge is -2.26. The first kappa shape index (κ1) is 28.5. The van der Waals surface area contributed by atoms with Crippen molar-refractivity contribution in [1.29, 1.82) is 0 Å². The molecule has 8 nitrogen and oxygen atoms in total. The molecule has 8 bridgehead atoms. The van der Waals surface area contributed by atoms with Crippen molar-refractivity contribution in [3.63, 3.8) is 0 Å². The topological polar surface area (TPSA) is 103 Å². The van der Waals surface area contributed by atoms with Gasteiger partial charge in [-0.1, -0.05) is 6.07 Å². The highest BCUT2D eigenvalue weighted by Crippen LogP contribution is 2.43. The minimum Gasteiger partial charge on any atom is -0.360 e. The first-order valence-electron chi connectivity index (χ1n) is 12.9. The maximum Gasteiger partial charge on any atom is 0.419 e. The van der Waals surface area contributed by atoms with Crippen LogP contribution in [-0.2, 0) is 10.7 Å². The van der Waals surface area contributed by atoms with Gasteiger partial charge in [-0.25, -0.2) is 18.7 Å². The lowest BCUT2D eigenvalue weighted by atomic mass is 10.0. The molecule has 1 fully saturated rings. The van der Waals surface area contributed by atoms with Gasteiger partial charge in [-0.3, -0.25) is 4.79 Å². The number of rotatable bonds is 1. The third-order valence-electron chi connectivity index (χ3n) is 7.45. The van der Waals surface area contributed by atoms with Crippen LogP contribution in [0.5, 0.6) is 0 Å². The van der Waals surface area contributed by atoms with Crippen LogP contribution in [0, 0.1) is 0 Å². The second-order valence-corrected chi connectivity index (χ2v) is 14.1. The fourth-order valence-corrected chi connectivity index (χ4v) is 7.09. The van der Waals surface area contributed by atoms with E-state index in [-0.39, 0.29) is 57.6 Å². The molecule has 3 aliphatic rings. The second kappa shape index (κ2) is 10.1. The Hall–Kier alpha value is -3.05. The standard InChI is InChI=1S/C26H30F5N6O2P/c1-37-13-25(27,28)8-9-32-14-4-5-15(10-14)35-24-34-12-19(26(29,30)31)20(36-24)18-11-33-21-16(18)6-7-17(23(37)38)22(21)40(2,3)39/h6-7,11-12,14-15,32-33H,4-5,8-10,13H2,1-3H3,(H,34,35,36)/t14-,15-/m0/s1. The summed E-state index contributed by atoms with van der Waals surface area (Å²) in [5, 5.41) is 6.57. The van der Waals surface area contributed by atoms with Gasteiger partial charge in [0.1, 0.15) is 12.7 Å². The highest BCUT2D eigenvalue weighted by Gasteiger charge is 2.38. The van der Waals surface area contributed by atoms with Gasteiger partial charge in [0.2, 0.25) is 5.95 Å². The zero-order valence-electron chi connectivity index (χ0n) is 22.2. The number of hydrogen-bond acceptors (Lipinski definition) is 6. The molecule has 3 N–H and O–H groups in total. The fourth-order valence-electron chi connectivity index (χ4n) is 5.62. The summed E-state index contributed by atoms with van der Waals surface area (Å²) in [5.41, 5.74) is -1.19. The number of halogens is 5. The molecule has 0 saturated heterocycles. The minimum absolute atomic E-state index is 0.0118. The number of carbonyl (C=O) groups excluding carboxylic acids is 1. The first-order chi connectivity index (χ1) is 18.6. The van der Waals surface area contributed by atoms with Gasteiger partial charge in [0.05, 0.1) is 23.3 Å². The molecular weight excluding hydrogens is 554 g/mol. The summed E-state index contributed by atoms with van der Waals surface area (Å²) in [5.74, 6) is -3.92. The predicted molar refractivity (Wildman–Crippen MR) is 143 cm³/mol. The van der Waals surface area contributed by atoms with E-state index in [9.17, 15) is 31.3 Å². The van der Waals surface area contributed by atoms with Gasteiger partial charge in [-0.05, 0) is 38.7 Å². The quantitative estimate of drug-likeness (QED) is 0.277. The van der Waals surface area contributed by atoms with Crippen molar-refractivity contribution in [3.05, 3.63) is 35.7 Å². The van der Waals surface area contributed by atoms with Crippen LogP contribution in [0.3, 0.4) is 0 Å². The second-order valence-electron chi connectivity index (χ2n) is 11.0. The number of aromatic amines is 1. The van der Waals surface area contributed by atoms with Crippen LogP contribution >= 0.6 is 7.14 Å². The molecule has 1 aliphatic carbocycles. The monoisotopic (exact) mass is 584 g/mol. The van der Waals surface area contributed by atoms with E-state index >= 15 is 0 Å². The number of nitrogens with one attached hydrogen (secondary N) is 3. The van der Waals surface area contributed by atoms with Crippen LogP contribution in [0.2, 0.25) is 0 Å². The number of aromatic nitrogens is 3. The summed E-state index contributed by atoms with van der Waals surface area (Å²) < 4.78 is 85.4. The Labute approximate surface area is 227 Å². The van der Waals surface area contributed by atoms with Crippen molar-refractivity contribution in [1.82, 2.24) is 25.2 Å². The number of amides is 1. The first-order valence-corrected chi connectivity index (χ1v) is 15.5. The van der Waals surface area contributed by atoms with E-state index in [1.54, 1.807) is 0 Å². The lowest BCUT2D eigenvalue weighted by Crippen LogP contribution is -2.42. The number of carbonyl (C=O) groups is 1. The molecule has 1 amide bonds. The summed E-state index contributed by atoms with van der Waals surface area (Å²) in [6.45, 7) is 2.01. The van der Waals surface area contributed by atoms with Crippen LogP contribution in [0.1, 0.15) is 41.6 Å². The Morgan fingerprint density at radius 3 is 2.55 bits per heavy atom. The van der Waals surface area contributed by atoms with E-state index in [4.69, 9.17) is 0 Å². The molecule has 216 valence electrons. The number of benzene rings is 1. The van der Waals surface area contributed by atoms with E-state index in [1.807, 2.05) is 0 Å². The molecule has 6 rings (SSSR count). The zero-order chi connectivity index (χ0) is 29.0. The summed E-state index contributed by atoms with van der Waals surface area (Å²) in [6.07, 6.45) is -1.28. The molecule has 1 aromatic carbocycles. The molecule has 3 aromatic rings. The fraction of sp³-hybridized carbons (Fsp3) is 0.500. The summed E-state index contributed by atoms with van der Waals surface area (Å²) in [6, 6.07) is 2.54. The molecule has 14 heteroatoms.